The van der Waals surface area contributed by atoms with Gasteiger partial charge in [0, 0.05) is 11.8 Å². The van der Waals surface area contributed by atoms with Crippen molar-refractivity contribution in [3.63, 3.8) is 0 Å². The number of nitrogens with one attached hydrogen (secondary N) is 1. The lowest BCUT2D eigenvalue weighted by Gasteiger charge is -2.14. The van der Waals surface area contributed by atoms with Crippen molar-refractivity contribution in [1.29, 1.82) is 0 Å². The van der Waals surface area contributed by atoms with E-state index in [0.29, 0.717) is 17.9 Å². The molecule has 6 heteroatoms. The number of hydrogen-bond donors (Lipinski definition) is 2. The number of aliphatic carboxylic acids is 1. The maximum atomic E-state index is 12.2. The minimum atomic E-state index is -0.978. The number of carboxylic acid groups (broad SMARTS) is 1. The van der Waals surface area contributed by atoms with Crippen molar-refractivity contribution in [3.8, 4) is 5.69 Å². The molecule has 0 bridgehead atoms. The lowest BCUT2D eigenvalue weighted by atomic mass is 10.1. The highest BCUT2D eigenvalue weighted by atomic mass is 16.4. The summed E-state index contributed by atoms with van der Waals surface area (Å²) < 4.78 is 1.73. The van der Waals surface area contributed by atoms with Crippen molar-refractivity contribution >= 4 is 11.9 Å². The van der Waals surface area contributed by atoms with Crippen LogP contribution in [0.2, 0.25) is 0 Å². The topological polar surface area (TPSA) is 84.2 Å². The van der Waals surface area contributed by atoms with Crippen LogP contribution in [-0.2, 0) is 4.79 Å². The zero-order chi connectivity index (χ0) is 16.4. The van der Waals surface area contributed by atoms with Crippen molar-refractivity contribution < 1.29 is 14.7 Å². The predicted molar refractivity (Wildman–Crippen MR) is 84.5 cm³/mol. The Bertz CT molecular complexity index is 717. The van der Waals surface area contributed by atoms with E-state index in [0.717, 1.165) is 24.2 Å². The molecule has 1 unspecified atom stereocenters. The van der Waals surface area contributed by atoms with E-state index in [1.54, 1.807) is 28.9 Å². The first-order chi connectivity index (χ1) is 11.0. The van der Waals surface area contributed by atoms with E-state index in [2.05, 4.69) is 10.4 Å². The lowest BCUT2D eigenvalue weighted by molar-refractivity contribution is -0.139. The molecule has 1 aromatic heterocycles. The molecule has 0 aliphatic heterocycles. The number of nitrogens with zero attached hydrogens (tertiary/aromatic N) is 2. The van der Waals surface area contributed by atoms with Crippen molar-refractivity contribution in [2.24, 2.45) is 5.92 Å². The number of carboxylic acids is 1. The normalized spacial score (nSPS) is 15.2. The van der Waals surface area contributed by atoms with Crippen molar-refractivity contribution in [2.75, 3.05) is 0 Å². The Morgan fingerprint density at radius 1 is 1.30 bits per heavy atom. The first-order valence-corrected chi connectivity index (χ1v) is 7.69. The molecule has 1 amide bonds. The Kier molecular flexibility index (Phi) is 4.14. The van der Waals surface area contributed by atoms with E-state index in [1.165, 1.54) is 0 Å². The Balaban J connectivity index is 1.68. The molecule has 0 radical (unpaired) electrons. The maximum absolute atomic E-state index is 12.2. The molecule has 1 aromatic carbocycles. The van der Waals surface area contributed by atoms with E-state index < -0.39 is 12.0 Å². The first-order valence-electron chi connectivity index (χ1n) is 7.69. The summed E-state index contributed by atoms with van der Waals surface area (Å²) in [7, 11) is 0. The molecule has 120 valence electrons. The molecule has 6 nitrogen and oxygen atoms in total. The number of carbonyl (C=O) groups is 2. The van der Waals surface area contributed by atoms with Gasteiger partial charge < -0.3 is 10.4 Å². The Labute approximate surface area is 134 Å². The van der Waals surface area contributed by atoms with E-state index >= 15 is 0 Å². The molecule has 1 saturated carbocycles. The minimum absolute atomic E-state index is 0.360. The number of hydrogen-bond acceptors (Lipinski definition) is 3. The molecule has 3 rings (SSSR count). The maximum Gasteiger partial charge on any atom is 0.326 e. The Morgan fingerprint density at radius 2 is 2.00 bits per heavy atom. The third kappa shape index (κ3) is 3.77. The number of amides is 1. The van der Waals surface area contributed by atoms with Crippen molar-refractivity contribution in [2.45, 2.75) is 32.2 Å². The van der Waals surface area contributed by atoms with Gasteiger partial charge in [-0.1, -0.05) is 12.8 Å². The highest BCUT2D eigenvalue weighted by Gasteiger charge is 2.30. The van der Waals surface area contributed by atoms with Crippen molar-refractivity contribution in [3.05, 3.63) is 47.8 Å². The van der Waals surface area contributed by atoms with Gasteiger partial charge in [0.1, 0.15) is 6.04 Å². The summed E-state index contributed by atoms with van der Waals surface area (Å²) in [5, 5.41) is 16.1. The van der Waals surface area contributed by atoms with Gasteiger partial charge in [-0.25, -0.2) is 9.48 Å². The highest BCUT2D eigenvalue weighted by molar-refractivity contribution is 5.96. The summed E-state index contributed by atoms with van der Waals surface area (Å²) in [6.07, 6.45) is 4.46. The standard InChI is InChI=1S/C17H19N3O3/c1-11-8-9-20(19-11)14-6-4-13(5-7-14)16(21)18-15(17(22)23)10-12-2-3-12/h4-9,12,15H,2-3,10H2,1H3,(H,18,21)(H,22,23). The quantitative estimate of drug-likeness (QED) is 0.856. The third-order valence-corrected chi connectivity index (χ3v) is 3.99. The second kappa shape index (κ2) is 6.24. The van der Waals surface area contributed by atoms with Gasteiger partial charge in [0.2, 0.25) is 0 Å². The molecule has 1 aliphatic carbocycles. The lowest BCUT2D eigenvalue weighted by Crippen LogP contribution is -2.41. The predicted octanol–water partition coefficient (Wildman–Crippen LogP) is 2.16. The second-order valence-electron chi connectivity index (χ2n) is 5.99. The van der Waals surface area contributed by atoms with E-state index in [-0.39, 0.29) is 5.91 Å². The van der Waals surface area contributed by atoms with Crippen LogP contribution in [0.5, 0.6) is 0 Å². The fraction of sp³-hybridized carbons (Fsp3) is 0.353. The molecule has 23 heavy (non-hydrogen) atoms. The van der Waals surface area contributed by atoms with Crippen LogP contribution in [-0.4, -0.2) is 32.8 Å². The van der Waals surface area contributed by atoms with Gasteiger partial charge in [-0.2, -0.15) is 5.10 Å². The van der Waals surface area contributed by atoms with E-state index in [9.17, 15) is 14.7 Å². The fourth-order valence-electron chi connectivity index (χ4n) is 2.47. The zero-order valence-electron chi connectivity index (χ0n) is 12.9. The van der Waals surface area contributed by atoms with Gasteiger partial charge in [0.05, 0.1) is 11.4 Å². The summed E-state index contributed by atoms with van der Waals surface area (Å²) >= 11 is 0. The summed E-state index contributed by atoms with van der Waals surface area (Å²) in [6, 6.07) is 8.02. The van der Waals surface area contributed by atoms with Crippen LogP contribution in [0.1, 0.15) is 35.3 Å². The fourth-order valence-corrected chi connectivity index (χ4v) is 2.47. The molecule has 2 N–H and O–H groups in total. The first kappa shape index (κ1) is 15.3. The molecule has 2 aromatic rings. The third-order valence-electron chi connectivity index (χ3n) is 3.99. The molecule has 0 spiro atoms. The van der Waals surface area contributed by atoms with Crippen LogP contribution in [0.3, 0.4) is 0 Å². The minimum Gasteiger partial charge on any atom is -0.480 e. The highest BCUT2D eigenvalue weighted by Crippen LogP contribution is 2.33. The SMILES string of the molecule is Cc1ccn(-c2ccc(C(=O)NC(CC3CC3)C(=O)O)cc2)n1. The Hall–Kier alpha value is -2.63. The number of benzene rings is 1. The van der Waals surface area contributed by atoms with Crippen LogP contribution in [0, 0.1) is 12.8 Å². The van der Waals surface area contributed by atoms with Gasteiger partial charge in [-0.3, -0.25) is 4.79 Å². The van der Waals surface area contributed by atoms with Gasteiger partial charge in [-0.15, -0.1) is 0 Å². The molecule has 1 atom stereocenters. The van der Waals surface area contributed by atoms with Crippen LogP contribution >= 0.6 is 0 Å². The van der Waals surface area contributed by atoms with Gasteiger partial charge in [0.25, 0.3) is 5.91 Å². The van der Waals surface area contributed by atoms with Crippen LogP contribution in [0.25, 0.3) is 5.69 Å². The molecule has 1 fully saturated rings. The van der Waals surface area contributed by atoms with Gasteiger partial charge in [-0.05, 0) is 49.6 Å². The van der Waals surface area contributed by atoms with Crippen LogP contribution in [0.15, 0.2) is 36.5 Å². The van der Waals surface area contributed by atoms with E-state index in [1.807, 2.05) is 19.2 Å². The summed E-state index contributed by atoms with van der Waals surface area (Å²) in [5.41, 5.74) is 2.21. The number of rotatable bonds is 6. The summed E-state index contributed by atoms with van der Waals surface area (Å²) in [4.78, 5) is 23.5. The van der Waals surface area contributed by atoms with Crippen LogP contribution < -0.4 is 5.32 Å². The van der Waals surface area contributed by atoms with E-state index in [4.69, 9.17) is 0 Å². The largest absolute Gasteiger partial charge is 0.480 e. The summed E-state index contributed by atoms with van der Waals surface area (Å²) in [5.74, 6) is -0.906. The smallest absolute Gasteiger partial charge is 0.326 e. The molecule has 0 saturated heterocycles. The molecule has 1 heterocycles. The zero-order valence-corrected chi connectivity index (χ0v) is 12.9. The molecular weight excluding hydrogens is 294 g/mol. The van der Waals surface area contributed by atoms with Gasteiger partial charge >= 0.3 is 5.97 Å². The Morgan fingerprint density at radius 3 is 2.52 bits per heavy atom. The van der Waals surface area contributed by atoms with Crippen LogP contribution in [0.4, 0.5) is 0 Å². The van der Waals surface area contributed by atoms with Crippen molar-refractivity contribution in [1.82, 2.24) is 15.1 Å². The average Bonchev–Trinajstić information content (AvgIpc) is 3.25. The molecule has 1 aliphatic rings. The number of aromatic nitrogens is 2. The molecular formula is C17H19N3O3. The monoisotopic (exact) mass is 313 g/mol. The van der Waals surface area contributed by atoms with Gasteiger partial charge in [0.15, 0.2) is 0 Å². The average molecular weight is 313 g/mol. The second-order valence-corrected chi connectivity index (χ2v) is 5.99. The number of carbonyl (C=O) groups excluding carboxylic acids is 1. The summed E-state index contributed by atoms with van der Waals surface area (Å²) in [6.45, 7) is 1.91. The number of aryl methyl sites for hydroxylation is 1.